The summed E-state index contributed by atoms with van der Waals surface area (Å²) in [6.45, 7) is -0.281. The molecular weight excluding hydrogens is 304 g/mol. The van der Waals surface area contributed by atoms with E-state index in [0.29, 0.717) is 17.0 Å². The van der Waals surface area contributed by atoms with E-state index in [1.54, 1.807) is 29.9 Å². The molecule has 1 aliphatic heterocycles. The summed E-state index contributed by atoms with van der Waals surface area (Å²) in [6, 6.07) is 0. The van der Waals surface area contributed by atoms with E-state index in [1.807, 2.05) is 0 Å². The molecule has 0 spiro atoms. The Morgan fingerprint density at radius 1 is 1.61 bits per heavy atom. The van der Waals surface area contributed by atoms with Gasteiger partial charge in [-0.3, -0.25) is 9.55 Å². The fraction of sp³-hybridized carbons (Fsp3) is 0.538. The van der Waals surface area contributed by atoms with Gasteiger partial charge in [0.15, 0.2) is 17.0 Å². The topological polar surface area (TPSA) is 129 Å². The third-order valence-corrected chi connectivity index (χ3v) is 3.54. The molecule has 0 radical (unpaired) electrons. The lowest BCUT2D eigenvalue weighted by atomic mass is 10.2. The second-order valence-corrected chi connectivity index (χ2v) is 5.54. The van der Waals surface area contributed by atoms with Crippen LogP contribution in [0.25, 0.3) is 11.2 Å². The molecule has 2 aromatic rings. The van der Waals surface area contributed by atoms with E-state index in [0.717, 1.165) is 0 Å². The van der Waals surface area contributed by atoms with Crippen LogP contribution in [0.4, 0.5) is 5.82 Å². The van der Waals surface area contributed by atoms with Gasteiger partial charge in [0.1, 0.15) is 12.3 Å². The van der Waals surface area contributed by atoms with Gasteiger partial charge in [-0.1, -0.05) is 0 Å². The second kappa shape index (κ2) is 6.07. The summed E-state index contributed by atoms with van der Waals surface area (Å²) in [7, 11) is 3.61. The minimum Gasteiger partial charge on any atom is -0.394 e. The van der Waals surface area contributed by atoms with Crippen molar-refractivity contribution in [3.05, 3.63) is 16.8 Å². The van der Waals surface area contributed by atoms with E-state index >= 15 is 0 Å². The molecule has 124 valence electrons. The molecule has 3 rings (SSSR count). The highest BCUT2D eigenvalue weighted by Gasteiger charge is 2.35. The van der Waals surface area contributed by atoms with Crippen LogP contribution >= 0.6 is 0 Å². The number of nitrogens with zero attached hydrogens (tertiary/aromatic N) is 5. The van der Waals surface area contributed by atoms with Crippen LogP contribution in [0.15, 0.2) is 16.1 Å². The molecule has 0 aromatic carbocycles. The largest absolute Gasteiger partial charge is 0.394 e. The number of aliphatic imine (C=N–C) groups is 1. The van der Waals surface area contributed by atoms with Gasteiger partial charge >= 0.3 is 5.69 Å². The first-order valence-electron chi connectivity index (χ1n) is 7.11. The van der Waals surface area contributed by atoms with Crippen molar-refractivity contribution in [2.24, 2.45) is 4.99 Å². The number of aromatic nitrogens is 4. The van der Waals surface area contributed by atoms with E-state index < -0.39 is 24.1 Å². The summed E-state index contributed by atoms with van der Waals surface area (Å²) in [5, 5.41) is 19.0. The Balaban J connectivity index is 2.03. The lowest BCUT2D eigenvalue weighted by Gasteiger charge is -2.13. The van der Waals surface area contributed by atoms with Crippen LogP contribution in [-0.2, 0) is 4.74 Å². The van der Waals surface area contributed by atoms with Gasteiger partial charge in [-0.05, 0) is 0 Å². The Morgan fingerprint density at radius 2 is 2.39 bits per heavy atom. The lowest BCUT2D eigenvalue weighted by Crippen LogP contribution is -2.24. The average Bonchev–Trinajstić information content (AvgIpc) is 3.07. The van der Waals surface area contributed by atoms with Crippen molar-refractivity contribution in [1.29, 1.82) is 0 Å². The molecule has 2 aromatic heterocycles. The van der Waals surface area contributed by atoms with Crippen molar-refractivity contribution in [3.8, 4) is 0 Å². The number of H-pyrrole nitrogens is 1. The number of nitrogens with one attached hydrogen (secondary N) is 1. The summed E-state index contributed by atoms with van der Waals surface area (Å²) in [5.74, 6) is 0.296. The number of aliphatic hydroxyl groups is 2. The predicted molar refractivity (Wildman–Crippen MR) is 81.6 cm³/mol. The number of hydrogen-bond donors (Lipinski definition) is 3. The van der Waals surface area contributed by atoms with Gasteiger partial charge in [-0.25, -0.2) is 14.8 Å². The summed E-state index contributed by atoms with van der Waals surface area (Å²) < 4.78 is 7.14. The molecule has 0 saturated carbocycles. The fourth-order valence-electron chi connectivity index (χ4n) is 2.44. The number of aromatic amines is 1. The number of hydrogen-bond acceptors (Lipinski definition) is 7. The van der Waals surface area contributed by atoms with Crippen LogP contribution in [-0.4, -0.2) is 73.9 Å². The number of fused-ring (bicyclic) bond motifs is 1. The predicted octanol–water partition coefficient (Wildman–Crippen LogP) is -1.02. The Morgan fingerprint density at radius 3 is 3.04 bits per heavy atom. The number of imidazole rings is 1. The molecule has 1 aliphatic rings. The Bertz CT molecular complexity index is 782. The van der Waals surface area contributed by atoms with Gasteiger partial charge in [0.2, 0.25) is 0 Å². The quantitative estimate of drug-likeness (QED) is 0.485. The summed E-state index contributed by atoms with van der Waals surface area (Å²) >= 11 is 0. The van der Waals surface area contributed by atoms with Crippen molar-refractivity contribution in [2.75, 3.05) is 20.7 Å². The standard InChI is InChI=1S/C13H18N6O4/c1-18(2)5-15-11-10-12(17-13(22)16-11)19(6-14-10)9-3-7(21)8(4-20)23-9/h5-9,20-21H,3-4H2,1-2H3,(H,16,17,22)/t7-,8+,9+/m0/s1. The van der Waals surface area contributed by atoms with Gasteiger partial charge in [-0.15, -0.1) is 0 Å². The zero-order valence-electron chi connectivity index (χ0n) is 12.7. The normalized spacial score (nSPS) is 24.8. The van der Waals surface area contributed by atoms with Gasteiger partial charge in [0, 0.05) is 20.5 Å². The molecule has 3 heterocycles. The van der Waals surface area contributed by atoms with E-state index in [1.165, 1.54) is 6.33 Å². The fourth-order valence-corrected chi connectivity index (χ4v) is 2.44. The van der Waals surface area contributed by atoms with E-state index in [9.17, 15) is 15.0 Å². The third kappa shape index (κ3) is 2.96. The van der Waals surface area contributed by atoms with E-state index in [2.05, 4.69) is 19.9 Å². The molecule has 1 saturated heterocycles. The number of rotatable bonds is 4. The monoisotopic (exact) mass is 322 g/mol. The van der Waals surface area contributed by atoms with Crippen LogP contribution < -0.4 is 5.69 Å². The molecule has 0 unspecified atom stereocenters. The molecule has 10 nitrogen and oxygen atoms in total. The minimum absolute atomic E-state index is 0.279. The van der Waals surface area contributed by atoms with Crippen molar-refractivity contribution in [2.45, 2.75) is 24.9 Å². The van der Waals surface area contributed by atoms with Crippen LogP contribution in [0.5, 0.6) is 0 Å². The SMILES string of the molecule is CN(C)C=Nc1[nH]c(=O)nc2c1ncn2[C@H]1C[C@H](O)[C@@H](CO)O1. The maximum atomic E-state index is 11.8. The number of ether oxygens (including phenoxy) is 1. The molecule has 3 atom stereocenters. The first kappa shape index (κ1) is 15.6. The maximum Gasteiger partial charge on any atom is 0.348 e. The zero-order valence-corrected chi connectivity index (χ0v) is 12.7. The van der Waals surface area contributed by atoms with Crippen molar-refractivity contribution in [3.63, 3.8) is 0 Å². The average molecular weight is 322 g/mol. The highest BCUT2D eigenvalue weighted by atomic mass is 16.5. The number of aliphatic hydroxyl groups excluding tert-OH is 2. The Labute approximate surface area is 131 Å². The summed E-state index contributed by atoms with van der Waals surface area (Å²) in [5.41, 5.74) is 0.186. The van der Waals surface area contributed by atoms with Gasteiger partial charge < -0.3 is 19.8 Å². The highest BCUT2D eigenvalue weighted by Crippen LogP contribution is 2.31. The lowest BCUT2D eigenvalue weighted by molar-refractivity contribution is -0.0432. The third-order valence-electron chi connectivity index (χ3n) is 3.54. The first-order chi connectivity index (χ1) is 11.0. The Hall–Kier alpha value is -2.30. The van der Waals surface area contributed by atoms with Crippen LogP contribution in [0.2, 0.25) is 0 Å². The summed E-state index contributed by atoms with van der Waals surface area (Å²) in [6.07, 6.45) is 1.31. The molecule has 23 heavy (non-hydrogen) atoms. The van der Waals surface area contributed by atoms with Gasteiger partial charge in [0.25, 0.3) is 0 Å². The van der Waals surface area contributed by atoms with E-state index in [-0.39, 0.29) is 13.0 Å². The maximum absolute atomic E-state index is 11.8. The minimum atomic E-state index is -0.782. The highest BCUT2D eigenvalue weighted by molar-refractivity contribution is 5.82. The van der Waals surface area contributed by atoms with Crippen LogP contribution in [0, 0.1) is 0 Å². The molecule has 3 N–H and O–H groups in total. The first-order valence-corrected chi connectivity index (χ1v) is 7.11. The molecule has 0 amide bonds. The van der Waals surface area contributed by atoms with E-state index in [4.69, 9.17) is 4.74 Å². The van der Waals surface area contributed by atoms with Crippen molar-refractivity contribution in [1.82, 2.24) is 24.4 Å². The van der Waals surface area contributed by atoms with Gasteiger partial charge in [0.05, 0.1) is 25.4 Å². The molecule has 0 aliphatic carbocycles. The van der Waals surface area contributed by atoms with Crippen molar-refractivity contribution < 1.29 is 14.9 Å². The van der Waals surface area contributed by atoms with Gasteiger partial charge in [-0.2, -0.15) is 4.98 Å². The molecular formula is C13H18N6O4. The second-order valence-electron chi connectivity index (χ2n) is 5.54. The molecule has 1 fully saturated rings. The Kier molecular flexibility index (Phi) is 4.11. The van der Waals surface area contributed by atoms with Crippen LogP contribution in [0.3, 0.4) is 0 Å². The molecule has 10 heteroatoms. The van der Waals surface area contributed by atoms with Crippen LogP contribution in [0.1, 0.15) is 12.6 Å². The smallest absolute Gasteiger partial charge is 0.348 e. The zero-order chi connectivity index (χ0) is 16.6. The summed E-state index contributed by atoms with van der Waals surface area (Å²) in [4.78, 5) is 28.4. The molecule has 0 bridgehead atoms. The van der Waals surface area contributed by atoms with Crippen molar-refractivity contribution >= 4 is 23.3 Å².